The molecule has 0 spiro atoms. The van der Waals surface area contributed by atoms with Crippen LogP contribution in [-0.4, -0.2) is 13.2 Å². The number of benzene rings is 1. The zero-order chi connectivity index (χ0) is 16.5. The monoisotopic (exact) mass is 328 g/mol. The Hall–Kier alpha value is -0.670. The summed E-state index contributed by atoms with van der Waals surface area (Å²) in [4.78, 5) is 0. The normalized spacial score (nSPS) is 12.5. The van der Waals surface area contributed by atoms with E-state index in [1.165, 1.54) is 0 Å². The molecular weight excluding hydrogens is 299 g/mol. The summed E-state index contributed by atoms with van der Waals surface area (Å²) in [5, 5.41) is 0. The predicted octanol–water partition coefficient (Wildman–Crippen LogP) is 5.68. The first-order valence-electron chi connectivity index (χ1n) is 8.09. The molecule has 0 aliphatic rings. The third-order valence-corrected chi connectivity index (χ3v) is 4.98. The Balaban J connectivity index is 2.79. The minimum absolute atomic E-state index is 0.380. The fourth-order valence-electron chi connectivity index (χ4n) is 1.90. The molecule has 0 bridgehead atoms. The first-order valence-corrected chi connectivity index (χ1v) is 9.55. The highest BCUT2D eigenvalue weighted by atomic mass is 31.2. The van der Waals surface area contributed by atoms with Crippen molar-refractivity contribution in [1.82, 2.24) is 0 Å². The Labute approximate surface area is 134 Å². The fourth-order valence-corrected chi connectivity index (χ4v) is 3.45. The van der Waals surface area contributed by atoms with Crippen LogP contribution >= 0.6 is 7.82 Å². The Morgan fingerprint density at radius 2 is 1.45 bits per heavy atom. The van der Waals surface area contributed by atoms with Crippen LogP contribution < -0.4 is 0 Å². The maximum atomic E-state index is 12.9. The summed E-state index contributed by atoms with van der Waals surface area (Å²) in [6, 6.07) is 9.70. The molecule has 0 radical (unpaired) electrons. The van der Waals surface area contributed by atoms with E-state index in [4.69, 9.17) is 13.6 Å². The zero-order valence-corrected chi connectivity index (χ0v) is 15.1. The van der Waals surface area contributed by atoms with E-state index in [9.17, 15) is 4.57 Å². The van der Waals surface area contributed by atoms with E-state index in [2.05, 4.69) is 13.8 Å². The van der Waals surface area contributed by atoms with Gasteiger partial charge in [-0.25, -0.2) is 4.57 Å². The van der Waals surface area contributed by atoms with Gasteiger partial charge in [0.2, 0.25) is 0 Å². The standard InChI is InChI=1S/C17H29O4P/c1-5-7-14-19-22(18,20-15-8-6-2)21-17(3,4)16-12-10-9-11-13-16/h9-13H,5-8,14-15H2,1-4H3. The number of hydrogen-bond donors (Lipinski definition) is 0. The van der Waals surface area contributed by atoms with Crippen LogP contribution in [-0.2, 0) is 23.7 Å². The lowest BCUT2D eigenvalue weighted by Crippen LogP contribution is -2.21. The van der Waals surface area contributed by atoms with Crippen LogP contribution in [0.15, 0.2) is 30.3 Å². The molecule has 0 atom stereocenters. The van der Waals surface area contributed by atoms with Crippen molar-refractivity contribution >= 4 is 7.82 Å². The largest absolute Gasteiger partial charge is 0.475 e. The highest BCUT2D eigenvalue weighted by molar-refractivity contribution is 7.48. The van der Waals surface area contributed by atoms with E-state index in [1.807, 2.05) is 44.2 Å². The van der Waals surface area contributed by atoms with E-state index >= 15 is 0 Å². The maximum absolute atomic E-state index is 12.9. The van der Waals surface area contributed by atoms with Crippen LogP contribution in [0.5, 0.6) is 0 Å². The number of phosphoric ester groups is 1. The minimum Gasteiger partial charge on any atom is -0.287 e. The first-order chi connectivity index (χ1) is 10.4. The fraction of sp³-hybridized carbons (Fsp3) is 0.647. The molecule has 126 valence electrons. The van der Waals surface area contributed by atoms with Gasteiger partial charge in [-0.3, -0.25) is 13.6 Å². The third-order valence-electron chi connectivity index (χ3n) is 3.30. The van der Waals surface area contributed by atoms with Crippen molar-refractivity contribution in [3.05, 3.63) is 35.9 Å². The quantitative estimate of drug-likeness (QED) is 0.387. The van der Waals surface area contributed by atoms with Gasteiger partial charge in [0.1, 0.15) is 0 Å². The van der Waals surface area contributed by atoms with Crippen LogP contribution in [0.1, 0.15) is 58.9 Å². The molecule has 1 rings (SSSR count). The molecule has 1 aromatic rings. The highest BCUT2D eigenvalue weighted by Crippen LogP contribution is 2.55. The number of rotatable bonds is 11. The summed E-state index contributed by atoms with van der Waals surface area (Å²) >= 11 is 0. The first kappa shape index (κ1) is 19.4. The van der Waals surface area contributed by atoms with Gasteiger partial charge < -0.3 is 0 Å². The highest BCUT2D eigenvalue weighted by Gasteiger charge is 2.36. The molecule has 5 heteroatoms. The molecule has 0 fully saturated rings. The number of unbranched alkanes of at least 4 members (excludes halogenated alkanes) is 2. The smallest absolute Gasteiger partial charge is 0.287 e. The minimum atomic E-state index is -3.57. The van der Waals surface area contributed by atoms with Gasteiger partial charge in [0, 0.05) is 0 Å². The van der Waals surface area contributed by atoms with Gasteiger partial charge in [-0.15, -0.1) is 0 Å². The van der Waals surface area contributed by atoms with E-state index < -0.39 is 13.4 Å². The molecule has 0 aliphatic carbocycles. The van der Waals surface area contributed by atoms with Crippen molar-refractivity contribution in [2.45, 2.75) is 59.0 Å². The predicted molar refractivity (Wildman–Crippen MR) is 89.9 cm³/mol. The molecule has 0 amide bonds. The molecular formula is C17H29O4P. The van der Waals surface area contributed by atoms with Crippen molar-refractivity contribution in [2.75, 3.05) is 13.2 Å². The summed E-state index contributed by atoms with van der Waals surface area (Å²) < 4.78 is 29.7. The van der Waals surface area contributed by atoms with Gasteiger partial charge in [-0.1, -0.05) is 57.0 Å². The third kappa shape index (κ3) is 6.62. The topological polar surface area (TPSA) is 44.8 Å². The van der Waals surface area contributed by atoms with Crippen LogP contribution in [0, 0.1) is 0 Å². The second-order valence-electron chi connectivity index (χ2n) is 5.79. The Morgan fingerprint density at radius 1 is 0.955 bits per heavy atom. The molecule has 0 heterocycles. The molecule has 0 saturated carbocycles. The molecule has 1 aromatic carbocycles. The number of phosphoric acid groups is 1. The van der Waals surface area contributed by atoms with Crippen LogP contribution in [0.3, 0.4) is 0 Å². The average Bonchev–Trinajstić information content (AvgIpc) is 2.48. The van der Waals surface area contributed by atoms with Crippen LogP contribution in [0.25, 0.3) is 0 Å². The molecule has 0 N–H and O–H groups in total. The molecule has 0 unspecified atom stereocenters. The summed E-state index contributed by atoms with van der Waals surface area (Å²) in [6.07, 6.45) is 3.60. The second kappa shape index (κ2) is 9.46. The van der Waals surface area contributed by atoms with Crippen molar-refractivity contribution in [2.24, 2.45) is 0 Å². The van der Waals surface area contributed by atoms with Crippen LogP contribution in [0.2, 0.25) is 0 Å². The summed E-state index contributed by atoms with van der Waals surface area (Å²) in [5.41, 5.74) is 0.197. The van der Waals surface area contributed by atoms with Gasteiger partial charge in [-0.05, 0) is 32.3 Å². The van der Waals surface area contributed by atoms with Crippen molar-refractivity contribution in [3.63, 3.8) is 0 Å². The molecule has 0 aromatic heterocycles. The second-order valence-corrected chi connectivity index (χ2v) is 7.38. The van der Waals surface area contributed by atoms with Gasteiger partial charge in [-0.2, -0.15) is 0 Å². The molecule has 0 saturated heterocycles. The van der Waals surface area contributed by atoms with Gasteiger partial charge in [0.05, 0.1) is 18.8 Å². The summed E-state index contributed by atoms with van der Waals surface area (Å²) in [7, 11) is -3.57. The van der Waals surface area contributed by atoms with E-state index in [0.717, 1.165) is 31.2 Å². The molecule has 22 heavy (non-hydrogen) atoms. The van der Waals surface area contributed by atoms with Crippen molar-refractivity contribution in [3.8, 4) is 0 Å². The maximum Gasteiger partial charge on any atom is 0.475 e. The summed E-state index contributed by atoms with van der Waals surface area (Å²) in [6.45, 7) is 8.63. The van der Waals surface area contributed by atoms with Crippen molar-refractivity contribution < 1.29 is 18.1 Å². The Morgan fingerprint density at radius 3 is 1.91 bits per heavy atom. The Kier molecular flexibility index (Phi) is 8.34. The van der Waals surface area contributed by atoms with E-state index in [-0.39, 0.29) is 0 Å². The zero-order valence-electron chi connectivity index (χ0n) is 14.2. The lowest BCUT2D eigenvalue weighted by Gasteiger charge is -2.30. The number of hydrogen-bond acceptors (Lipinski definition) is 4. The summed E-state index contributed by atoms with van der Waals surface area (Å²) in [5.74, 6) is 0. The van der Waals surface area contributed by atoms with Crippen LogP contribution in [0.4, 0.5) is 0 Å². The van der Waals surface area contributed by atoms with Gasteiger partial charge in [0.15, 0.2) is 0 Å². The van der Waals surface area contributed by atoms with E-state index in [1.54, 1.807) is 0 Å². The SMILES string of the molecule is CCCCOP(=O)(OCCCC)OC(C)(C)c1ccccc1. The van der Waals surface area contributed by atoms with Gasteiger partial charge in [0.25, 0.3) is 0 Å². The van der Waals surface area contributed by atoms with E-state index in [0.29, 0.717) is 13.2 Å². The molecule has 4 nitrogen and oxygen atoms in total. The lowest BCUT2D eigenvalue weighted by atomic mass is 9.99. The average molecular weight is 328 g/mol. The molecule has 0 aliphatic heterocycles. The van der Waals surface area contributed by atoms with Gasteiger partial charge >= 0.3 is 7.82 Å². The van der Waals surface area contributed by atoms with Crippen molar-refractivity contribution in [1.29, 1.82) is 0 Å². The Bertz CT molecular complexity index is 445. The lowest BCUT2D eigenvalue weighted by molar-refractivity contribution is 0.0288.